The number of hydrogen-bond acceptors (Lipinski definition) is 1. The van der Waals surface area contributed by atoms with E-state index in [2.05, 4.69) is 71.1 Å². The van der Waals surface area contributed by atoms with Gasteiger partial charge in [-0.05, 0) is 23.5 Å². The Labute approximate surface area is 111 Å². The Morgan fingerprint density at radius 2 is 1.20 bits per heavy atom. The molecule has 92 valence electrons. The van der Waals surface area contributed by atoms with Crippen LogP contribution in [-0.2, 0) is 4.43 Å². The van der Waals surface area contributed by atoms with E-state index in [1.807, 2.05) is 0 Å². The molecular formula is C12H27IOSi. The fourth-order valence-electron chi connectivity index (χ4n) is 2.79. The highest BCUT2D eigenvalue weighted by molar-refractivity contribution is 14.1. The molecule has 0 amide bonds. The molecule has 0 radical (unpaired) electrons. The number of rotatable bonds is 6. The van der Waals surface area contributed by atoms with Gasteiger partial charge in [0.05, 0.1) is 6.10 Å². The maximum absolute atomic E-state index is 6.50. The average molecular weight is 342 g/mol. The van der Waals surface area contributed by atoms with E-state index in [0.717, 1.165) is 4.43 Å². The van der Waals surface area contributed by atoms with Crippen LogP contribution in [-0.4, -0.2) is 18.8 Å². The second-order valence-corrected chi connectivity index (χ2v) is 11.7. The lowest BCUT2D eigenvalue weighted by Gasteiger charge is -2.43. The fraction of sp³-hybridized carbons (Fsp3) is 1.00. The van der Waals surface area contributed by atoms with Crippen LogP contribution in [0.2, 0.25) is 16.6 Å². The molecule has 0 fully saturated rings. The van der Waals surface area contributed by atoms with Crippen molar-refractivity contribution in [2.45, 2.75) is 71.2 Å². The van der Waals surface area contributed by atoms with Crippen molar-refractivity contribution in [1.82, 2.24) is 0 Å². The van der Waals surface area contributed by atoms with Crippen molar-refractivity contribution in [1.29, 1.82) is 0 Å². The fourth-order valence-corrected chi connectivity index (χ4v) is 8.90. The van der Waals surface area contributed by atoms with Gasteiger partial charge in [0.1, 0.15) is 0 Å². The summed E-state index contributed by atoms with van der Waals surface area (Å²) in [5.74, 6) is 0. The molecule has 0 aromatic heterocycles. The Bertz CT molecular complexity index is 159. The summed E-state index contributed by atoms with van der Waals surface area (Å²) in [4.78, 5) is 0. The first-order valence-corrected chi connectivity index (χ1v) is 9.69. The van der Waals surface area contributed by atoms with Crippen LogP contribution in [0.25, 0.3) is 0 Å². The Morgan fingerprint density at radius 3 is 1.40 bits per heavy atom. The highest BCUT2D eigenvalue weighted by atomic mass is 127. The summed E-state index contributed by atoms with van der Waals surface area (Å²) in [6, 6.07) is 0. The van der Waals surface area contributed by atoms with Gasteiger partial charge in [0.2, 0.25) is 8.32 Å². The van der Waals surface area contributed by atoms with Gasteiger partial charge in [-0.3, -0.25) is 0 Å². The molecule has 0 aliphatic carbocycles. The van der Waals surface area contributed by atoms with Crippen LogP contribution >= 0.6 is 22.6 Å². The molecule has 0 N–H and O–H groups in total. The van der Waals surface area contributed by atoms with Gasteiger partial charge < -0.3 is 4.43 Å². The SMILES string of the molecule is CC(C)[Si](O[C@@H](C)CI)(C(C)C)C(C)C. The van der Waals surface area contributed by atoms with E-state index in [4.69, 9.17) is 4.43 Å². The van der Waals surface area contributed by atoms with Gasteiger partial charge in [-0.15, -0.1) is 0 Å². The number of hydrogen-bond donors (Lipinski definition) is 0. The highest BCUT2D eigenvalue weighted by Crippen LogP contribution is 2.42. The summed E-state index contributed by atoms with van der Waals surface area (Å²) in [5.41, 5.74) is 2.09. The van der Waals surface area contributed by atoms with Crippen molar-refractivity contribution < 1.29 is 4.43 Å². The van der Waals surface area contributed by atoms with Crippen molar-refractivity contribution in [2.24, 2.45) is 0 Å². The quantitative estimate of drug-likeness (QED) is 0.375. The number of alkyl halides is 1. The van der Waals surface area contributed by atoms with Crippen LogP contribution in [0.3, 0.4) is 0 Å². The monoisotopic (exact) mass is 342 g/mol. The van der Waals surface area contributed by atoms with Crippen molar-refractivity contribution in [2.75, 3.05) is 4.43 Å². The smallest absolute Gasteiger partial charge is 0.200 e. The lowest BCUT2D eigenvalue weighted by atomic mass is 10.5. The van der Waals surface area contributed by atoms with E-state index in [-0.39, 0.29) is 0 Å². The normalized spacial score (nSPS) is 15.4. The van der Waals surface area contributed by atoms with Crippen molar-refractivity contribution >= 4 is 30.9 Å². The molecule has 0 saturated carbocycles. The molecule has 0 spiro atoms. The van der Waals surface area contributed by atoms with Crippen LogP contribution in [0.4, 0.5) is 0 Å². The maximum Gasteiger partial charge on any atom is 0.200 e. The molecule has 0 saturated heterocycles. The first-order valence-electron chi connectivity index (χ1n) is 6.02. The van der Waals surface area contributed by atoms with Gasteiger partial charge >= 0.3 is 0 Å². The van der Waals surface area contributed by atoms with Gasteiger partial charge in [0.25, 0.3) is 0 Å². The lowest BCUT2D eigenvalue weighted by Crippen LogP contribution is -2.50. The van der Waals surface area contributed by atoms with Crippen LogP contribution < -0.4 is 0 Å². The van der Waals surface area contributed by atoms with Gasteiger partial charge in [-0.1, -0.05) is 64.1 Å². The van der Waals surface area contributed by atoms with Crippen LogP contribution in [0, 0.1) is 0 Å². The Kier molecular flexibility index (Phi) is 6.99. The average Bonchev–Trinajstić information content (AvgIpc) is 2.11. The zero-order valence-electron chi connectivity index (χ0n) is 11.3. The van der Waals surface area contributed by atoms with Gasteiger partial charge in [0, 0.05) is 4.43 Å². The summed E-state index contributed by atoms with van der Waals surface area (Å²) in [5, 5.41) is 0. The lowest BCUT2D eigenvalue weighted by molar-refractivity contribution is 0.216. The summed E-state index contributed by atoms with van der Waals surface area (Å²) < 4.78 is 7.60. The molecule has 0 aromatic carbocycles. The van der Waals surface area contributed by atoms with Crippen LogP contribution in [0.5, 0.6) is 0 Å². The molecular weight excluding hydrogens is 315 g/mol. The first-order chi connectivity index (χ1) is 6.78. The second kappa shape index (κ2) is 6.60. The maximum atomic E-state index is 6.50. The van der Waals surface area contributed by atoms with E-state index >= 15 is 0 Å². The molecule has 1 atom stereocenters. The Hall–Kier alpha value is 0.907. The number of halogens is 1. The topological polar surface area (TPSA) is 9.23 Å². The summed E-state index contributed by atoms with van der Waals surface area (Å²) >= 11 is 2.42. The van der Waals surface area contributed by atoms with Gasteiger partial charge in [0.15, 0.2) is 0 Å². The minimum Gasteiger partial charge on any atom is -0.413 e. The molecule has 0 bridgehead atoms. The van der Waals surface area contributed by atoms with E-state index in [9.17, 15) is 0 Å². The van der Waals surface area contributed by atoms with E-state index in [1.165, 1.54) is 0 Å². The molecule has 0 aliphatic rings. The first kappa shape index (κ1) is 15.9. The van der Waals surface area contributed by atoms with Crippen molar-refractivity contribution in [3.05, 3.63) is 0 Å². The third-order valence-electron chi connectivity index (χ3n) is 3.33. The molecule has 0 aromatic rings. The predicted octanol–water partition coefficient (Wildman–Crippen LogP) is 5.00. The molecule has 0 aliphatic heterocycles. The molecule has 15 heavy (non-hydrogen) atoms. The van der Waals surface area contributed by atoms with Gasteiger partial charge in [-0.25, -0.2) is 0 Å². The molecule has 3 heteroatoms. The zero-order valence-corrected chi connectivity index (χ0v) is 14.5. The van der Waals surface area contributed by atoms with Gasteiger partial charge in [-0.2, -0.15) is 0 Å². The molecule has 0 rings (SSSR count). The molecule has 0 heterocycles. The van der Waals surface area contributed by atoms with E-state index in [0.29, 0.717) is 22.7 Å². The second-order valence-electron chi connectivity index (χ2n) is 5.40. The largest absolute Gasteiger partial charge is 0.413 e. The van der Waals surface area contributed by atoms with E-state index < -0.39 is 8.32 Å². The summed E-state index contributed by atoms with van der Waals surface area (Å²) in [6.07, 6.45) is 0.407. The van der Waals surface area contributed by atoms with Crippen molar-refractivity contribution in [3.8, 4) is 0 Å². The Balaban J connectivity index is 4.96. The summed E-state index contributed by atoms with van der Waals surface area (Å²) in [7, 11) is -1.62. The third-order valence-corrected chi connectivity index (χ3v) is 10.8. The Morgan fingerprint density at radius 1 is 0.867 bits per heavy atom. The standard InChI is InChI=1S/C12H27IOSi/c1-9(2)15(10(3)4,11(5)6)14-12(7)8-13/h9-12H,8H2,1-7H3/t12-/m0/s1. The van der Waals surface area contributed by atoms with Crippen LogP contribution in [0.1, 0.15) is 48.5 Å². The predicted molar refractivity (Wildman–Crippen MR) is 80.5 cm³/mol. The zero-order chi connectivity index (χ0) is 12.2. The minimum absolute atomic E-state index is 0.407. The van der Waals surface area contributed by atoms with E-state index in [1.54, 1.807) is 0 Å². The van der Waals surface area contributed by atoms with Crippen molar-refractivity contribution in [3.63, 3.8) is 0 Å². The summed E-state index contributed by atoms with van der Waals surface area (Å²) in [6.45, 7) is 16.2. The molecule has 0 unspecified atom stereocenters. The minimum atomic E-state index is -1.62. The third kappa shape index (κ3) is 3.70. The highest BCUT2D eigenvalue weighted by Gasteiger charge is 2.45. The van der Waals surface area contributed by atoms with Crippen LogP contribution in [0.15, 0.2) is 0 Å². The molecule has 1 nitrogen and oxygen atoms in total.